The maximum Gasteiger partial charge on any atom is 0.331 e. The minimum Gasteiger partial charge on any atom is -0.472 e. The molecule has 0 unspecified atom stereocenters. The number of hydrogen-bond donors (Lipinski definition) is 0. The molecule has 1 aliphatic rings. The van der Waals surface area contributed by atoms with E-state index in [1.54, 1.807) is 35.6 Å². The van der Waals surface area contributed by atoms with E-state index in [0.29, 0.717) is 17.2 Å². The summed E-state index contributed by atoms with van der Waals surface area (Å²) in [5, 5.41) is 0.854. The smallest absolute Gasteiger partial charge is 0.331 e. The van der Waals surface area contributed by atoms with Gasteiger partial charge < -0.3 is 14.2 Å². The molecule has 0 atom stereocenters. The summed E-state index contributed by atoms with van der Waals surface area (Å²) in [4.78, 5) is 25.9. The number of fused-ring (bicyclic) bond motifs is 2. The highest BCUT2D eigenvalue weighted by Gasteiger charge is 2.41. The number of esters is 1. The molecule has 48 heavy (non-hydrogen) atoms. The van der Waals surface area contributed by atoms with E-state index in [-0.39, 0.29) is 16.4 Å². The molecule has 1 amide bonds. The summed E-state index contributed by atoms with van der Waals surface area (Å²) in [5.41, 5.74) is 2.61. The van der Waals surface area contributed by atoms with Gasteiger partial charge in [0.05, 0.1) is 10.4 Å². The van der Waals surface area contributed by atoms with Gasteiger partial charge in [0.25, 0.3) is 15.9 Å². The van der Waals surface area contributed by atoms with E-state index in [1.807, 2.05) is 69.3 Å². The lowest BCUT2D eigenvalue weighted by molar-refractivity contribution is -0.148. The van der Waals surface area contributed by atoms with Gasteiger partial charge in [-0.15, -0.1) is 11.3 Å². The number of sulfonamides is 1. The molecule has 0 saturated heterocycles. The molecule has 0 N–H and O–H groups in total. The zero-order chi connectivity index (χ0) is 34.2. The van der Waals surface area contributed by atoms with Gasteiger partial charge in [-0.05, 0) is 91.9 Å². The largest absolute Gasteiger partial charge is 0.472 e. The van der Waals surface area contributed by atoms with E-state index in [9.17, 15) is 18.0 Å². The first kappa shape index (κ1) is 33.0. The summed E-state index contributed by atoms with van der Waals surface area (Å²) < 4.78 is 45.5. The number of carbonyl (C=O) groups is 2. The fourth-order valence-electron chi connectivity index (χ4n) is 5.39. The molecule has 1 aliphatic heterocycles. The quantitative estimate of drug-likeness (QED) is 0.113. The molecule has 5 aromatic rings. The van der Waals surface area contributed by atoms with Crippen LogP contribution in [0.3, 0.4) is 0 Å². The highest BCUT2D eigenvalue weighted by molar-refractivity contribution is 7.90. The fourth-order valence-corrected chi connectivity index (χ4v) is 8.02. The van der Waals surface area contributed by atoms with Crippen molar-refractivity contribution in [2.45, 2.75) is 51.0 Å². The Balaban J connectivity index is 1.30. The summed E-state index contributed by atoms with van der Waals surface area (Å²) in [6.45, 7) is 9.31. The normalized spacial score (nSPS) is 14.1. The molecule has 2 heterocycles. The Kier molecular flexibility index (Phi) is 8.89. The van der Waals surface area contributed by atoms with Crippen molar-refractivity contribution in [3.05, 3.63) is 114 Å². The van der Waals surface area contributed by atoms with Gasteiger partial charge >= 0.3 is 5.97 Å². The lowest BCUT2D eigenvalue weighted by Crippen LogP contribution is -2.33. The van der Waals surface area contributed by atoms with Gasteiger partial charge in [-0.1, -0.05) is 62.4 Å². The monoisotopic (exact) mass is 681 g/mol. The van der Waals surface area contributed by atoms with Crippen molar-refractivity contribution in [2.75, 3.05) is 6.73 Å². The Labute approximate surface area is 284 Å². The number of thiophene rings is 1. The highest BCUT2D eigenvalue weighted by atomic mass is 32.2. The number of carbonyl (C=O) groups excluding carboxylic acids is 2. The van der Waals surface area contributed by atoms with E-state index < -0.39 is 34.2 Å². The van der Waals surface area contributed by atoms with Crippen molar-refractivity contribution in [1.82, 2.24) is 4.31 Å². The van der Waals surface area contributed by atoms with Crippen LogP contribution in [0.1, 0.15) is 62.0 Å². The van der Waals surface area contributed by atoms with Gasteiger partial charge in [-0.3, -0.25) is 4.79 Å². The molecule has 1 aromatic heterocycles. The zero-order valence-corrected chi connectivity index (χ0v) is 28.9. The molecule has 0 aliphatic carbocycles. The van der Waals surface area contributed by atoms with Crippen LogP contribution in [-0.4, -0.2) is 36.9 Å². The van der Waals surface area contributed by atoms with Crippen molar-refractivity contribution >= 4 is 49.4 Å². The number of ether oxygens (including phenoxy) is 3. The first-order valence-corrected chi connectivity index (χ1v) is 17.7. The van der Waals surface area contributed by atoms with Crippen LogP contribution in [0.15, 0.2) is 102 Å². The molecule has 6 rings (SSSR count). The number of rotatable bonds is 9. The maximum atomic E-state index is 13.0. The first-order valence-electron chi connectivity index (χ1n) is 15.5. The van der Waals surface area contributed by atoms with E-state index in [1.165, 1.54) is 23.8 Å². The van der Waals surface area contributed by atoms with E-state index in [2.05, 4.69) is 26.0 Å². The van der Waals surface area contributed by atoms with Crippen LogP contribution in [0, 0.1) is 0 Å². The van der Waals surface area contributed by atoms with E-state index >= 15 is 0 Å². The van der Waals surface area contributed by atoms with Crippen molar-refractivity contribution in [2.24, 2.45) is 0 Å². The predicted octanol–water partition coefficient (Wildman–Crippen LogP) is 9.02. The summed E-state index contributed by atoms with van der Waals surface area (Å²) in [6, 6.07) is 27.2. The third-order valence-electron chi connectivity index (χ3n) is 7.62. The third-order valence-corrected chi connectivity index (χ3v) is 10.6. The summed E-state index contributed by atoms with van der Waals surface area (Å²) in [7, 11) is -4.00. The van der Waals surface area contributed by atoms with Crippen LogP contribution in [-0.2, 0) is 19.6 Å². The molecule has 8 nitrogen and oxygen atoms in total. The summed E-state index contributed by atoms with van der Waals surface area (Å²) in [6.07, 6.45) is 3.10. The van der Waals surface area contributed by atoms with Crippen molar-refractivity contribution in [3.63, 3.8) is 0 Å². The summed E-state index contributed by atoms with van der Waals surface area (Å²) >= 11 is 1.54. The van der Waals surface area contributed by atoms with E-state index in [4.69, 9.17) is 14.2 Å². The predicted molar refractivity (Wildman–Crippen MR) is 188 cm³/mol. The number of nitrogens with zero attached hydrogens (tertiary/aromatic N) is 1. The highest BCUT2D eigenvalue weighted by Crippen LogP contribution is 2.49. The molecule has 4 aromatic carbocycles. The average molecular weight is 682 g/mol. The molecule has 0 fully saturated rings. The Bertz CT molecular complexity index is 2160. The van der Waals surface area contributed by atoms with Gasteiger partial charge in [-0.25, -0.2) is 13.2 Å². The van der Waals surface area contributed by atoms with Crippen LogP contribution < -0.4 is 9.47 Å². The maximum absolute atomic E-state index is 13.0. The molecular weight excluding hydrogens is 647 g/mol. The van der Waals surface area contributed by atoms with Gasteiger partial charge in [0, 0.05) is 16.2 Å². The first-order chi connectivity index (χ1) is 22.8. The number of hydrogen-bond acceptors (Lipinski definition) is 8. The molecule has 246 valence electrons. The number of amides is 1. The molecule has 0 spiro atoms. The third kappa shape index (κ3) is 6.72. The van der Waals surface area contributed by atoms with Crippen LogP contribution in [0.4, 0.5) is 0 Å². The Morgan fingerprint density at radius 1 is 0.896 bits per heavy atom. The number of benzene rings is 4. The van der Waals surface area contributed by atoms with E-state index in [0.717, 1.165) is 30.4 Å². The Hall–Kier alpha value is -4.93. The topological polar surface area (TPSA) is 99.2 Å². The van der Waals surface area contributed by atoms with Crippen LogP contribution in [0.5, 0.6) is 17.2 Å². The summed E-state index contributed by atoms with van der Waals surface area (Å²) in [5.74, 6) is 0.947. The fraction of sp³-hybridized carbons (Fsp3) is 0.211. The standard InChI is InChI=1S/C38H35NO7S2/c1-24(2)28-10-6-7-11-29(28)36-35(45-26-17-14-25(15-18-26)16-21-34(40)46-38(3,4)5)30-20-19-27(22-32(30)47-36)44-23-39-37(41)31-12-8-9-13-33(31)48(39,42)43/h6-22,24H,23H2,1-5H3/b21-16+. The molecule has 0 bridgehead atoms. The molecule has 0 radical (unpaired) electrons. The van der Waals surface area contributed by atoms with Gasteiger partial charge in [0.2, 0.25) is 0 Å². The van der Waals surface area contributed by atoms with Gasteiger partial charge in [0.1, 0.15) is 22.0 Å². The minimum absolute atomic E-state index is 0.0188. The molecule has 0 saturated carbocycles. The van der Waals surface area contributed by atoms with Crippen molar-refractivity contribution in [1.29, 1.82) is 0 Å². The SMILES string of the molecule is CC(C)c1ccccc1-c1sc2cc(OCN3C(=O)c4ccccc4S3(=O)=O)ccc2c1Oc1ccc(/C=C/C(=O)OC(C)(C)C)cc1. The van der Waals surface area contributed by atoms with Gasteiger partial charge in [0.15, 0.2) is 12.5 Å². The van der Waals surface area contributed by atoms with Crippen LogP contribution in [0.2, 0.25) is 0 Å². The lowest BCUT2D eigenvalue weighted by atomic mass is 9.96. The second-order valence-corrected chi connectivity index (χ2v) is 15.5. The minimum atomic E-state index is -4.00. The molecular formula is C38H35NO7S2. The average Bonchev–Trinajstić information content (AvgIpc) is 3.49. The zero-order valence-electron chi connectivity index (χ0n) is 27.2. The van der Waals surface area contributed by atoms with Gasteiger partial charge in [-0.2, -0.15) is 4.31 Å². The van der Waals surface area contributed by atoms with Crippen LogP contribution in [0.25, 0.3) is 26.6 Å². The second kappa shape index (κ2) is 12.9. The Morgan fingerprint density at radius 3 is 2.25 bits per heavy atom. The Morgan fingerprint density at radius 2 is 1.56 bits per heavy atom. The van der Waals surface area contributed by atoms with Crippen LogP contribution >= 0.6 is 11.3 Å². The van der Waals surface area contributed by atoms with Crippen molar-refractivity contribution in [3.8, 4) is 27.7 Å². The van der Waals surface area contributed by atoms with Crippen molar-refractivity contribution < 1.29 is 32.2 Å². The lowest BCUT2D eigenvalue weighted by Gasteiger charge is -2.17. The molecule has 10 heteroatoms. The second-order valence-electron chi connectivity index (χ2n) is 12.6.